The van der Waals surface area contributed by atoms with Gasteiger partial charge in [-0.1, -0.05) is 6.07 Å². The van der Waals surface area contributed by atoms with Crippen LogP contribution in [0.5, 0.6) is 0 Å². The molecule has 2 fully saturated rings. The average molecular weight is 396 g/mol. The maximum atomic E-state index is 13.3. The first-order valence-electron chi connectivity index (χ1n) is 9.61. The number of hydrogen-bond donors (Lipinski definition) is 2. The third-order valence-corrected chi connectivity index (χ3v) is 8.41. The summed E-state index contributed by atoms with van der Waals surface area (Å²) >= 11 is 0. The summed E-state index contributed by atoms with van der Waals surface area (Å²) in [7, 11) is -3.22. The van der Waals surface area contributed by atoms with Crippen molar-refractivity contribution in [2.75, 3.05) is 13.1 Å². The second kappa shape index (κ2) is 6.74. The van der Waals surface area contributed by atoms with E-state index < -0.39 is 15.3 Å². The highest BCUT2D eigenvalue weighted by Crippen LogP contribution is 2.56. The minimum absolute atomic E-state index is 0.0106. The van der Waals surface area contributed by atoms with E-state index in [0.29, 0.717) is 37.8 Å². The zero-order chi connectivity index (χ0) is 19.3. The molecule has 1 saturated heterocycles. The van der Waals surface area contributed by atoms with Crippen LogP contribution in [0.1, 0.15) is 43.7 Å². The first-order chi connectivity index (χ1) is 12.8. The molecule has 1 aliphatic heterocycles. The first kappa shape index (κ1) is 18.7. The number of benzene rings is 1. The van der Waals surface area contributed by atoms with Crippen LogP contribution in [-0.2, 0) is 16.4 Å². The van der Waals surface area contributed by atoms with E-state index in [1.807, 2.05) is 6.07 Å². The van der Waals surface area contributed by atoms with Crippen molar-refractivity contribution in [3.05, 3.63) is 35.1 Å². The minimum Gasteiger partial charge on any atom is -0.335 e. The van der Waals surface area contributed by atoms with Crippen molar-refractivity contribution in [3.63, 3.8) is 0 Å². The Morgan fingerprint density at radius 2 is 1.93 bits per heavy atom. The summed E-state index contributed by atoms with van der Waals surface area (Å²) in [5.41, 5.74) is 2.21. The number of hydrogen-bond acceptors (Lipinski definition) is 3. The van der Waals surface area contributed by atoms with Crippen molar-refractivity contribution in [1.82, 2.24) is 14.9 Å². The molecule has 3 unspecified atom stereocenters. The van der Waals surface area contributed by atoms with Gasteiger partial charge in [-0.05, 0) is 62.3 Å². The van der Waals surface area contributed by atoms with Gasteiger partial charge in [-0.25, -0.2) is 21.9 Å². The van der Waals surface area contributed by atoms with Gasteiger partial charge >= 0.3 is 6.03 Å². The highest BCUT2D eigenvalue weighted by Gasteiger charge is 2.56. The van der Waals surface area contributed by atoms with Gasteiger partial charge in [-0.15, -0.1) is 0 Å². The fourth-order valence-corrected chi connectivity index (χ4v) is 5.83. The van der Waals surface area contributed by atoms with Crippen molar-refractivity contribution in [3.8, 4) is 0 Å². The van der Waals surface area contributed by atoms with E-state index in [2.05, 4.69) is 10.6 Å². The van der Waals surface area contributed by atoms with Crippen molar-refractivity contribution in [1.29, 1.82) is 0 Å². The van der Waals surface area contributed by atoms with Gasteiger partial charge in [0.15, 0.2) is 0 Å². The maximum absolute atomic E-state index is 13.3. The molecular weight excluding hydrogens is 369 g/mol. The number of piperidine rings is 1. The number of rotatable bonds is 4. The van der Waals surface area contributed by atoms with Gasteiger partial charge in [0.05, 0.1) is 5.25 Å². The largest absolute Gasteiger partial charge is 0.335 e. The minimum atomic E-state index is -3.22. The summed E-state index contributed by atoms with van der Waals surface area (Å²) in [6.45, 7) is 4.26. The lowest BCUT2D eigenvalue weighted by Gasteiger charge is -2.32. The summed E-state index contributed by atoms with van der Waals surface area (Å²) in [6.07, 6.45) is 2.06. The van der Waals surface area contributed by atoms with Crippen molar-refractivity contribution in [2.24, 2.45) is 5.92 Å². The summed E-state index contributed by atoms with van der Waals surface area (Å²) in [5, 5.41) is 5.60. The number of urea groups is 1. The van der Waals surface area contributed by atoms with Gasteiger partial charge in [-0.2, -0.15) is 0 Å². The molecule has 1 saturated carbocycles. The Morgan fingerprint density at radius 3 is 2.59 bits per heavy atom. The molecule has 1 aromatic carbocycles. The standard InChI is InChI=1S/C19H26FN3O3S/c1-11(2)27(25,26)23-7-5-14(6-8-23)21-19(24)22-18-16-10-12-9-13(20)3-4-15(12)17(16)18/h3-4,9,11,14,16-18H,5-8,10H2,1-2H3,(H2,21,22,24). The third kappa shape index (κ3) is 3.45. The lowest BCUT2D eigenvalue weighted by Crippen LogP contribution is -2.50. The highest BCUT2D eigenvalue weighted by molar-refractivity contribution is 7.89. The quantitative estimate of drug-likeness (QED) is 0.818. The van der Waals surface area contributed by atoms with Crippen LogP contribution < -0.4 is 10.6 Å². The topological polar surface area (TPSA) is 78.5 Å². The number of nitrogens with zero attached hydrogens (tertiary/aromatic N) is 1. The predicted molar refractivity (Wildman–Crippen MR) is 100 cm³/mol. The Bertz CT molecular complexity index is 850. The van der Waals surface area contributed by atoms with Gasteiger partial charge in [0.2, 0.25) is 10.0 Å². The van der Waals surface area contributed by atoms with Crippen LogP contribution in [0.2, 0.25) is 0 Å². The van der Waals surface area contributed by atoms with E-state index in [0.717, 1.165) is 17.5 Å². The normalized spacial score (nSPS) is 27.9. The van der Waals surface area contributed by atoms with Gasteiger partial charge in [0, 0.05) is 31.1 Å². The fourth-order valence-electron chi connectivity index (χ4n) is 4.51. The molecule has 6 nitrogen and oxygen atoms in total. The highest BCUT2D eigenvalue weighted by atomic mass is 32.2. The van der Waals surface area contributed by atoms with Crippen LogP contribution in [0.25, 0.3) is 0 Å². The fraction of sp³-hybridized carbons (Fsp3) is 0.632. The summed E-state index contributed by atoms with van der Waals surface area (Å²) in [5.74, 6) is 0.457. The van der Waals surface area contributed by atoms with Crippen molar-refractivity contribution in [2.45, 2.75) is 56.4 Å². The number of nitrogens with one attached hydrogen (secondary N) is 2. The molecule has 2 N–H and O–H groups in total. The molecule has 148 valence electrons. The van der Waals surface area contributed by atoms with Crippen LogP contribution in [-0.4, -0.2) is 49.2 Å². The van der Waals surface area contributed by atoms with E-state index in [9.17, 15) is 17.6 Å². The van der Waals surface area contributed by atoms with E-state index in [4.69, 9.17) is 0 Å². The Hall–Kier alpha value is -1.67. The van der Waals surface area contributed by atoms with E-state index in [-0.39, 0.29) is 23.9 Å². The molecule has 3 aliphatic rings. The molecule has 0 bridgehead atoms. The molecule has 0 radical (unpaired) electrons. The zero-order valence-corrected chi connectivity index (χ0v) is 16.4. The number of halogens is 1. The predicted octanol–water partition coefficient (Wildman–Crippen LogP) is 1.97. The van der Waals surface area contributed by atoms with Crippen LogP contribution in [0, 0.1) is 11.7 Å². The summed E-state index contributed by atoms with van der Waals surface area (Å²) in [4.78, 5) is 12.3. The van der Waals surface area contributed by atoms with Crippen LogP contribution in [0.15, 0.2) is 18.2 Å². The average Bonchev–Trinajstić information content (AvgIpc) is 3.11. The number of sulfonamides is 1. The third-order valence-electron chi connectivity index (χ3n) is 6.13. The summed E-state index contributed by atoms with van der Waals surface area (Å²) in [6, 6.07) is 4.82. The second-order valence-electron chi connectivity index (χ2n) is 8.15. The molecule has 3 atom stereocenters. The van der Waals surface area contributed by atoms with Gasteiger partial charge in [0.25, 0.3) is 0 Å². The maximum Gasteiger partial charge on any atom is 0.315 e. The molecule has 1 heterocycles. The molecule has 2 amide bonds. The number of amides is 2. The van der Waals surface area contributed by atoms with Crippen molar-refractivity contribution >= 4 is 16.1 Å². The number of carbonyl (C=O) groups is 1. The van der Waals surface area contributed by atoms with Crippen LogP contribution in [0.3, 0.4) is 0 Å². The zero-order valence-electron chi connectivity index (χ0n) is 15.6. The molecule has 2 aliphatic carbocycles. The number of carbonyl (C=O) groups excluding carboxylic acids is 1. The summed E-state index contributed by atoms with van der Waals surface area (Å²) < 4.78 is 39.2. The monoisotopic (exact) mass is 395 g/mol. The molecule has 0 aromatic heterocycles. The van der Waals surface area contributed by atoms with Crippen LogP contribution in [0.4, 0.5) is 9.18 Å². The number of fused-ring (bicyclic) bond motifs is 3. The molecule has 4 rings (SSSR count). The molecule has 8 heteroatoms. The van der Waals surface area contributed by atoms with Gasteiger partial charge < -0.3 is 10.6 Å². The first-order valence-corrected chi connectivity index (χ1v) is 11.1. The van der Waals surface area contributed by atoms with E-state index >= 15 is 0 Å². The Labute approximate surface area is 159 Å². The lowest BCUT2D eigenvalue weighted by atomic mass is 10.0. The van der Waals surface area contributed by atoms with E-state index in [1.54, 1.807) is 19.9 Å². The molecular formula is C19H26FN3O3S. The van der Waals surface area contributed by atoms with Gasteiger partial charge in [-0.3, -0.25) is 0 Å². The molecule has 27 heavy (non-hydrogen) atoms. The van der Waals surface area contributed by atoms with Gasteiger partial charge in [0.1, 0.15) is 5.82 Å². The van der Waals surface area contributed by atoms with E-state index in [1.165, 1.54) is 10.4 Å². The lowest BCUT2D eigenvalue weighted by molar-refractivity contribution is 0.226. The van der Waals surface area contributed by atoms with Crippen molar-refractivity contribution < 1.29 is 17.6 Å². The Kier molecular flexibility index (Phi) is 4.66. The van der Waals surface area contributed by atoms with Crippen LogP contribution >= 0.6 is 0 Å². The SMILES string of the molecule is CC(C)S(=O)(=O)N1CCC(NC(=O)NC2C3Cc4cc(F)ccc4C32)CC1. The Morgan fingerprint density at radius 1 is 1.22 bits per heavy atom. The second-order valence-corrected chi connectivity index (χ2v) is 10.6. The molecule has 0 spiro atoms. The smallest absolute Gasteiger partial charge is 0.315 e. The Balaban J connectivity index is 1.26. The molecule has 1 aromatic rings.